The average Bonchev–Trinajstić information content (AvgIpc) is 3.23. The molecule has 0 spiro atoms. The van der Waals surface area contributed by atoms with E-state index in [9.17, 15) is 8.78 Å². The summed E-state index contributed by atoms with van der Waals surface area (Å²) in [7, 11) is 0. The van der Waals surface area contributed by atoms with Crippen molar-refractivity contribution in [3.63, 3.8) is 0 Å². The molecule has 1 aromatic carbocycles. The largest absolute Gasteiger partial charge is 0.365 e. The van der Waals surface area contributed by atoms with Gasteiger partial charge in [0.15, 0.2) is 0 Å². The number of aromatic nitrogens is 2. The lowest BCUT2D eigenvalue weighted by molar-refractivity contribution is 0.582. The van der Waals surface area contributed by atoms with Gasteiger partial charge in [-0.05, 0) is 57.2 Å². The molecule has 1 N–H and O–H groups in total. The summed E-state index contributed by atoms with van der Waals surface area (Å²) in [6.45, 7) is 6.30. The van der Waals surface area contributed by atoms with E-state index < -0.39 is 11.6 Å². The van der Waals surface area contributed by atoms with Gasteiger partial charge < -0.3 is 5.32 Å². The number of pyridine rings is 1. The lowest BCUT2D eigenvalue weighted by Crippen LogP contribution is -2.27. The van der Waals surface area contributed by atoms with E-state index >= 15 is 0 Å². The molecule has 146 valence electrons. The number of hydrogen-bond donors (Lipinski definition) is 1. The Bertz CT molecular complexity index is 1230. The fraction of sp³-hybridized carbons (Fsp3) is 0.174. The first-order valence-electron chi connectivity index (χ1n) is 9.12. The number of halogens is 2. The molecule has 6 heteroatoms. The molecule has 3 aromatic heterocycles. The number of nitrogens with one attached hydrogen (secondary N) is 1. The maximum absolute atomic E-state index is 13.3. The monoisotopic (exact) mass is 407 g/mol. The van der Waals surface area contributed by atoms with Gasteiger partial charge in [-0.2, -0.15) is 0 Å². The summed E-state index contributed by atoms with van der Waals surface area (Å²) in [5.74, 6) is 5.46. The summed E-state index contributed by atoms with van der Waals surface area (Å²) in [6.07, 6.45) is 1.98. The van der Waals surface area contributed by atoms with Crippen LogP contribution in [-0.4, -0.2) is 14.9 Å². The molecule has 29 heavy (non-hydrogen) atoms. The quantitative estimate of drug-likeness (QED) is 0.416. The number of benzene rings is 1. The van der Waals surface area contributed by atoms with E-state index in [4.69, 9.17) is 4.98 Å². The van der Waals surface area contributed by atoms with Gasteiger partial charge in [0.2, 0.25) is 0 Å². The molecule has 3 nitrogen and oxygen atoms in total. The molecular formula is C23H19F2N3S. The van der Waals surface area contributed by atoms with E-state index in [2.05, 4.69) is 37.9 Å². The molecule has 0 saturated carbocycles. The Morgan fingerprint density at radius 1 is 1.00 bits per heavy atom. The van der Waals surface area contributed by atoms with Gasteiger partial charge >= 0.3 is 0 Å². The van der Waals surface area contributed by atoms with Gasteiger partial charge in [-0.3, -0.25) is 4.40 Å². The van der Waals surface area contributed by atoms with Crippen molar-refractivity contribution in [1.29, 1.82) is 0 Å². The highest BCUT2D eigenvalue weighted by atomic mass is 32.1. The van der Waals surface area contributed by atoms with Gasteiger partial charge in [0, 0.05) is 23.4 Å². The lowest BCUT2D eigenvalue weighted by Gasteiger charge is -2.22. The van der Waals surface area contributed by atoms with E-state index in [0.29, 0.717) is 5.56 Å². The van der Waals surface area contributed by atoms with Gasteiger partial charge in [-0.15, -0.1) is 11.3 Å². The van der Waals surface area contributed by atoms with Gasteiger partial charge in [0.1, 0.15) is 28.8 Å². The number of anilines is 1. The van der Waals surface area contributed by atoms with Gasteiger partial charge in [0.05, 0.1) is 9.75 Å². The second kappa shape index (κ2) is 7.34. The normalized spacial score (nSPS) is 11.3. The number of thiophene rings is 1. The Morgan fingerprint density at radius 2 is 1.76 bits per heavy atom. The van der Waals surface area contributed by atoms with Gasteiger partial charge in [-0.1, -0.05) is 17.9 Å². The predicted molar refractivity (Wildman–Crippen MR) is 114 cm³/mol. The Balaban J connectivity index is 1.72. The van der Waals surface area contributed by atoms with Gasteiger partial charge in [-0.25, -0.2) is 13.8 Å². The summed E-state index contributed by atoms with van der Waals surface area (Å²) in [5, 5.41) is 3.54. The van der Waals surface area contributed by atoms with Gasteiger partial charge in [0.25, 0.3) is 0 Å². The second-order valence-electron chi connectivity index (χ2n) is 7.68. The van der Waals surface area contributed by atoms with Crippen LogP contribution in [0.3, 0.4) is 0 Å². The first kappa shape index (κ1) is 19.2. The molecule has 0 aliphatic carbocycles. The van der Waals surface area contributed by atoms with Crippen LogP contribution in [0.2, 0.25) is 0 Å². The van der Waals surface area contributed by atoms with Crippen molar-refractivity contribution in [2.24, 2.45) is 0 Å². The third-order valence-electron chi connectivity index (χ3n) is 4.06. The molecule has 0 radical (unpaired) electrons. The molecule has 0 bridgehead atoms. The molecule has 0 amide bonds. The van der Waals surface area contributed by atoms with Crippen molar-refractivity contribution in [3.8, 4) is 22.4 Å². The number of imidazole rings is 1. The number of fused-ring (bicyclic) bond motifs is 1. The molecule has 4 aromatic rings. The van der Waals surface area contributed by atoms with E-state index in [1.54, 1.807) is 0 Å². The maximum Gasteiger partial charge on any atom is 0.140 e. The second-order valence-corrected chi connectivity index (χ2v) is 8.77. The number of nitrogens with zero attached hydrogens (tertiary/aromatic N) is 2. The van der Waals surface area contributed by atoms with Crippen LogP contribution in [-0.2, 0) is 0 Å². The summed E-state index contributed by atoms with van der Waals surface area (Å²) >= 11 is 1.49. The fourth-order valence-electron chi connectivity index (χ4n) is 2.93. The van der Waals surface area contributed by atoms with Crippen LogP contribution < -0.4 is 5.32 Å². The van der Waals surface area contributed by atoms with Crippen molar-refractivity contribution in [2.45, 2.75) is 26.3 Å². The highest BCUT2D eigenvalue weighted by Crippen LogP contribution is 2.35. The van der Waals surface area contributed by atoms with E-state index in [1.165, 1.54) is 23.5 Å². The Kier molecular flexibility index (Phi) is 4.85. The molecule has 3 heterocycles. The van der Waals surface area contributed by atoms with Crippen LogP contribution in [0.1, 0.15) is 31.2 Å². The fourth-order valence-corrected chi connectivity index (χ4v) is 3.78. The Morgan fingerprint density at radius 3 is 2.48 bits per heavy atom. The molecule has 0 saturated heterocycles. The predicted octanol–water partition coefficient (Wildman–Crippen LogP) is 5.95. The first-order chi connectivity index (χ1) is 13.8. The molecule has 0 aliphatic heterocycles. The SMILES string of the molecule is CC(C)(C)Nc1c(-c2ccc(C#Cc3cc(F)cc(F)c3)s2)nc2ccccn12. The van der Waals surface area contributed by atoms with Crippen LogP contribution in [0.5, 0.6) is 0 Å². The lowest BCUT2D eigenvalue weighted by atomic mass is 10.1. The summed E-state index contributed by atoms with van der Waals surface area (Å²) in [5.41, 5.74) is 1.87. The third kappa shape index (κ3) is 4.30. The van der Waals surface area contributed by atoms with Crippen molar-refractivity contribution < 1.29 is 8.78 Å². The van der Waals surface area contributed by atoms with Crippen molar-refractivity contribution >= 4 is 22.8 Å². The summed E-state index contributed by atoms with van der Waals surface area (Å²) < 4.78 is 28.7. The minimum absolute atomic E-state index is 0.137. The van der Waals surface area contributed by atoms with Crippen LogP contribution >= 0.6 is 11.3 Å². The third-order valence-corrected chi connectivity index (χ3v) is 5.06. The zero-order chi connectivity index (χ0) is 20.6. The molecule has 0 unspecified atom stereocenters. The minimum Gasteiger partial charge on any atom is -0.365 e. The molecule has 0 atom stereocenters. The Labute approximate surface area is 172 Å². The maximum atomic E-state index is 13.3. The number of rotatable bonds is 2. The molecule has 0 aliphatic rings. The first-order valence-corrected chi connectivity index (χ1v) is 9.94. The van der Waals surface area contributed by atoms with Crippen molar-refractivity contribution in [3.05, 3.63) is 76.8 Å². The van der Waals surface area contributed by atoms with Crippen molar-refractivity contribution in [1.82, 2.24) is 9.38 Å². The van der Waals surface area contributed by atoms with Crippen LogP contribution in [0.25, 0.3) is 16.2 Å². The zero-order valence-corrected chi connectivity index (χ0v) is 17.1. The van der Waals surface area contributed by atoms with Crippen molar-refractivity contribution in [2.75, 3.05) is 5.32 Å². The standard InChI is InChI=1S/C23H19F2N3S/c1-23(2,3)27-22-21(26-20-6-4-5-11-28(20)22)19-10-9-18(29-19)8-7-15-12-16(24)14-17(25)13-15/h4-6,9-14,27H,1-3H3. The number of hydrogen-bond acceptors (Lipinski definition) is 3. The zero-order valence-electron chi connectivity index (χ0n) is 16.3. The van der Waals surface area contributed by atoms with E-state index in [1.807, 2.05) is 40.9 Å². The Hall–Kier alpha value is -3.17. The highest BCUT2D eigenvalue weighted by molar-refractivity contribution is 7.16. The molecular weight excluding hydrogens is 388 g/mol. The smallest absolute Gasteiger partial charge is 0.140 e. The topological polar surface area (TPSA) is 29.3 Å². The van der Waals surface area contributed by atoms with E-state index in [0.717, 1.165) is 33.0 Å². The average molecular weight is 407 g/mol. The van der Waals surface area contributed by atoms with Crippen LogP contribution in [0.4, 0.5) is 14.6 Å². The molecule has 0 fully saturated rings. The highest BCUT2D eigenvalue weighted by Gasteiger charge is 2.20. The summed E-state index contributed by atoms with van der Waals surface area (Å²) in [4.78, 5) is 6.55. The van der Waals surface area contributed by atoms with Crippen LogP contribution in [0, 0.1) is 23.5 Å². The molecule has 4 rings (SSSR count). The van der Waals surface area contributed by atoms with E-state index in [-0.39, 0.29) is 5.54 Å². The summed E-state index contributed by atoms with van der Waals surface area (Å²) in [6, 6.07) is 13.0. The van der Waals surface area contributed by atoms with Crippen LogP contribution in [0.15, 0.2) is 54.7 Å². The minimum atomic E-state index is -0.635.